The third-order valence-electron chi connectivity index (χ3n) is 5.73. The van der Waals surface area contributed by atoms with Crippen LogP contribution in [0, 0.1) is 12.8 Å². The van der Waals surface area contributed by atoms with Crippen LogP contribution in [0.4, 0.5) is 0 Å². The summed E-state index contributed by atoms with van der Waals surface area (Å²) in [6.45, 7) is 9.67. The van der Waals surface area contributed by atoms with Crippen molar-refractivity contribution in [3.8, 4) is 0 Å². The number of benzene rings is 1. The van der Waals surface area contributed by atoms with Gasteiger partial charge >= 0.3 is 0 Å². The third kappa shape index (κ3) is 3.90. The maximum atomic E-state index is 13.0. The number of hydrogen-bond donors (Lipinski definition) is 2. The molecule has 0 saturated heterocycles. The zero-order valence-electron chi connectivity index (χ0n) is 15.8. The van der Waals surface area contributed by atoms with Crippen molar-refractivity contribution < 1.29 is 4.79 Å². The molecule has 1 aromatic heterocycles. The van der Waals surface area contributed by atoms with Crippen LogP contribution in [-0.4, -0.2) is 41.5 Å². The van der Waals surface area contributed by atoms with Gasteiger partial charge in [0, 0.05) is 29.2 Å². The highest BCUT2D eigenvalue weighted by atomic mass is 16.1. The summed E-state index contributed by atoms with van der Waals surface area (Å²) in [5.74, 6) is 0.634. The summed E-state index contributed by atoms with van der Waals surface area (Å²) in [7, 11) is 0. The van der Waals surface area contributed by atoms with Crippen LogP contribution in [0.3, 0.4) is 0 Å². The minimum Gasteiger partial charge on any atom is -0.358 e. The molecule has 25 heavy (non-hydrogen) atoms. The van der Waals surface area contributed by atoms with Gasteiger partial charge in [0.25, 0.3) is 5.91 Å². The normalized spacial score (nSPS) is 21.0. The van der Waals surface area contributed by atoms with Crippen molar-refractivity contribution in [3.63, 3.8) is 0 Å². The van der Waals surface area contributed by atoms with Gasteiger partial charge < -0.3 is 15.2 Å². The molecule has 1 aromatic carbocycles. The largest absolute Gasteiger partial charge is 0.358 e. The fourth-order valence-electron chi connectivity index (χ4n) is 4.24. The summed E-state index contributed by atoms with van der Waals surface area (Å²) in [6.07, 6.45) is 4.81. The van der Waals surface area contributed by atoms with Crippen LogP contribution < -0.4 is 5.32 Å². The molecule has 0 spiro atoms. The molecule has 0 bridgehead atoms. The van der Waals surface area contributed by atoms with Gasteiger partial charge in [-0.25, -0.2) is 0 Å². The second-order valence-electron chi connectivity index (χ2n) is 7.28. The lowest BCUT2D eigenvalue weighted by Crippen LogP contribution is -2.46. The molecule has 1 aliphatic rings. The predicted molar refractivity (Wildman–Crippen MR) is 104 cm³/mol. The molecule has 3 rings (SSSR count). The van der Waals surface area contributed by atoms with E-state index in [0.29, 0.717) is 5.92 Å². The van der Waals surface area contributed by atoms with E-state index in [1.54, 1.807) is 0 Å². The Morgan fingerprint density at radius 3 is 2.68 bits per heavy atom. The number of aromatic nitrogens is 1. The summed E-state index contributed by atoms with van der Waals surface area (Å²) in [5, 5.41) is 4.39. The van der Waals surface area contributed by atoms with Crippen LogP contribution in [0.1, 0.15) is 55.6 Å². The fourth-order valence-corrected chi connectivity index (χ4v) is 4.24. The Bertz CT molecular complexity index is 717. The SMILES string of the molecule is CCN(CC)CC1CCCCC1NC(=O)c1c(C)[nH]c2ccccc12. The highest BCUT2D eigenvalue weighted by Crippen LogP contribution is 2.27. The van der Waals surface area contributed by atoms with Crippen molar-refractivity contribution in [1.29, 1.82) is 0 Å². The molecule has 136 valence electrons. The number of rotatable bonds is 6. The van der Waals surface area contributed by atoms with Crippen molar-refractivity contribution >= 4 is 16.8 Å². The van der Waals surface area contributed by atoms with E-state index in [2.05, 4.69) is 29.0 Å². The van der Waals surface area contributed by atoms with E-state index in [4.69, 9.17) is 0 Å². The minimum absolute atomic E-state index is 0.0754. The average Bonchev–Trinajstić information content (AvgIpc) is 2.96. The fraction of sp³-hybridized carbons (Fsp3) is 0.571. The van der Waals surface area contributed by atoms with Gasteiger partial charge in [0.1, 0.15) is 0 Å². The predicted octanol–water partition coefficient (Wildman–Crippen LogP) is 4.11. The molecular formula is C21H31N3O. The summed E-state index contributed by atoms with van der Waals surface area (Å²) >= 11 is 0. The number of para-hydroxylation sites is 1. The van der Waals surface area contributed by atoms with E-state index in [1.165, 1.54) is 19.3 Å². The van der Waals surface area contributed by atoms with Crippen molar-refractivity contribution in [1.82, 2.24) is 15.2 Å². The van der Waals surface area contributed by atoms with Crippen LogP contribution in [0.5, 0.6) is 0 Å². The van der Waals surface area contributed by atoms with Crippen LogP contribution in [0.25, 0.3) is 10.9 Å². The number of hydrogen-bond acceptors (Lipinski definition) is 2. The first-order valence-electron chi connectivity index (χ1n) is 9.74. The third-order valence-corrected chi connectivity index (χ3v) is 5.73. The molecule has 1 amide bonds. The quantitative estimate of drug-likeness (QED) is 0.831. The molecule has 1 heterocycles. The highest BCUT2D eigenvalue weighted by molar-refractivity contribution is 6.08. The minimum atomic E-state index is 0.0754. The maximum Gasteiger partial charge on any atom is 0.253 e. The van der Waals surface area contributed by atoms with Crippen molar-refractivity contribution in [2.45, 2.75) is 52.5 Å². The molecule has 0 aliphatic heterocycles. The molecule has 1 saturated carbocycles. The number of H-pyrrole nitrogens is 1. The van der Waals surface area contributed by atoms with E-state index < -0.39 is 0 Å². The number of nitrogens with one attached hydrogen (secondary N) is 2. The Balaban J connectivity index is 1.76. The van der Waals surface area contributed by atoms with E-state index >= 15 is 0 Å². The smallest absolute Gasteiger partial charge is 0.253 e. The van der Waals surface area contributed by atoms with Gasteiger partial charge in [-0.05, 0) is 44.8 Å². The molecule has 4 nitrogen and oxygen atoms in total. The van der Waals surface area contributed by atoms with Gasteiger partial charge in [0.15, 0.2) is 0 Å². The van der Waals surface area contributed by atoms with Gasteiger partial charge in [-0.3, -0.25) is 4.79 Å². The lowest BCUT2D eigenvalue weighted by Gasteiger charge is -2.35. The van der Waals surface area contributed by atoms with E-state index in [0.717, 1.165) is 48.2 Å². The first-order chi connectivity index (χ1) is 12.1. The van der Waals surface area contributed by atoms with Crippen LogP contribution >= 0.6 is 0 Å². The van der Waals surface area contributed by atoms with Gasteiger partial charge in [0.05, 0.1) is 5.56 Å². The van der Waals surface area contributed by atoms with Crippen molar-refractivity contribution in [2.75, 3.05) is 19.6 Å². The lowest BCUT2D eigenvalue weighted by atomic mass is 9.84. The van der Waals surface area contributed by atoms with E-state index in [1.807, 2.05) is 31.2 Å². The van der Waals surface area contributed by atoms with Gasteiger partial charge in [-0.15, -0.1) is 0 Å². The molecule has 1 aliphatic carbocycles. The number of nitrogens with zero attached hydrogens (tertiary/aromatic N) is 1. The summed E-state index contributed by atoms with van der Waals surface area (Å²) in [6, 6.07) is 8.34. The number of aryl methyl sites for hydroxylation is 1. The second-order valence-corrected chi connectivity index (χ2v) is 7.28. The molecule has 0 radical (unpaired) electrons. The Morgan fingerprint density at radius 1 is 1.20 bits per heavy atom. The molecule has 1 fully saturated rings. The van der Waals surface area contributed by atoms with Crippen LogP contribution in [0.15, 0.2) is 24.3 Å². The number of fused-ring (bicyclic) bond motifs is 1. The van der Waals surface area contributed by atoms with Gasteiger partial charge in [-0.1, -0.05) is 44.9 Å². The van der Waals surface area contributed by atoms with E-state index in [9.17, 15) is 4.79 Å². The maximum absolute atomic E-state index is 13.0. The molecule has 2 N–H and O–H groups in total. The number of carbonyl (C=O) groups is 1. The molecular weight excluding hydrogens is 310 g/mol. The van der Waals surface area contributed by atoms with Crippen molar-refractivity contribution in [3.05, 3.63) is 35.5 Å². The standard InChI is InChI=1S/C21H31N3O/c1-4-24(5-2)14-16-10-6-8-12-18(16)23-21(25)20-15(3)22-19-13-9-7-11-17(19)20/h7,9,11,13,16,18,22H,4-6,8,10,12,14H2,1-3H3,(H,23,25). The second kappa shape index (κ2) is 8.05. The monoisotopic (exact) mass is 341 g/mol. The van der Waals surface area contributed by atoms with Gasteiger partial charge in [0.2, 0.25) is 0 Å². The highest BCUT2D eigenvalue weighted by Gasteiger charge is 2.29. The Hall–Kier alpha value is -1.81. The Morgan fingerprint density at radius 2 is 1.92 bits per heavy atom. The average molecular weight is 341 g/mol. The Kier molecular flexibility index (Phi) is 5.79. The molecule has 2 aromatic rings. The molecule has 4 heteroatoms. The molecule has 2 unspecified atom stereocenters. The van der Waals surface area contributed by atoms with Crippen LogP contribution in [0.2, 0.25) is 0 Å². The van der Waals surface area contributed by atoms with E-state index in [-0.39, 0.29) is 11.9 Å². The zero-order valence-corrected chi connectivity index (χ0v) is 15.8. The molecule has 2 atom stereocenters. The van der Waals surface area contributed by atoms with Gasteiger partial charge in [-0.2, -0.15) is 0 Å². The number of carbonyl (C=O) groups excluding carboxylic acids is 1. The summed E-state index contributed by atoms with van der Waals surface area (Å²) in [4.78, 5) is 18.9. The lowest BCUT2D eigenvalue weighted by molar-refractivity contribution is 0.0889. The topological polar surface area (TPSA) is 48.1 Å². The first-order valence-corrected chi connectivity index (χ1v) is 9.74. The zero-order chi connectivity index (χ0) is 17.8. The van der Waals surface area contributed by atoms with Crippen LogP contribution in [-0.2, 0) is 0 Å². The summed E-state index contributed by atoms with van der Waals surface area (Å²) in [5.41, 5.74) is 2.80. The van der Waals surface area contributed by atoms with Crippen molar-refractivity contribution in [2.24, 2.45) is 5.92 Å². The first kappa shape index (κ1) is 18.0. The Labute approximate surface area is 151 Å². The number of amides is 1. The summed E-state index contributed by atoms with van der Waals surface area (Å²) < 4.78 is 0. The number of aromatic amines is 1.